The molecule has 1 unspecified atom stereocenters. The van der Waals surface area contributed by atoms with Gasteiger partial charge in [-0.05, 0) is 25.8 Å². The van der Waals surface area contributed by atoms with E-state index in [4.69, 9.17) is 10.5 Å². The number of carbonyl (C=O) groups is 1. The molecule has 1 aromatic carbocycles. The van der Waals surface area contributed by atoms with Crippen molar-refractivity contribution in [2.75, 3.05) is 13.7 Å². The van der Waals surface area contributed by atoms with Crippen LogP contribution in [-0.4, -0.2) is 19.6 Å². The van der Waals surface area contributed by atoms with E-state index in [0.29, 0.717) is 6.54 Å². The molecule has 1 rings (SSSR count). The number of hydrogen-bond donors (Lipinski definition) is 2. The van der Waals surface area contributed by atoms with Gasteiger partial charge in [0.05, 0.1) is 18.6 Å². The van der Waals surface area contributed by atoms with Gasteiger partial charge in [-0.3, -0.25) is 4.79 Å². The highest BCUT2D eigenvalue weighted by Crippen LogP contribution is 2.29. The Balaban J connectivity index is 0.00000400. The summed E-state index contributed by atoms with van der Waals surface area (Å²) in [5, 5.41) is 3.07. The second kappa shape index (κ2) is 8.90. The number of nitrogens with two attached hydrogens (primary N) is 1. The molecule has 0 aliphatic carbocycles. The van der Waals surface area contributed by atoms with Crippen LogP contribution in [-0.2, 0) is 4.79 Å². The molecule has 21 heavy (non-hydrogen) atoms. The van der Waals surface area contributed by atoms with Gasteiger partial charge in [0, 0.05) is 12.1 Å². The third kappa shape index (κ3) is 4.35. The van der Waals surface area contributed by atoms with Crippen LogP contribution in [0.25, 0.3) is 0 Å². The maximum Gasteiger partial charge on any atom is 0.227 e. The fourth-order valence-electron chi connectivity index (χ4n) is 2.40. The largest absolute Gasteiger partial charge is 0.496 e. The number of nitrogens with one attached hydrogen (secondary N) is 1. The standard InChI is InChI=1S/C16H26N2O2.ClH/c1-5-16(6-2,11-17)15(19)18-12(3)13-9-7-8-10-14(13)20-4;/h7-10,12H,5-6,11,17H2,1-4H3,(H,18,19);1H. The fraction of sp³-hybridized carbons (Fsp3) is 0.562. The van der Waals surface area contributed by atoms with Crippen molar-refractivity contribution < 1.29 is 9.53 Å². The molecule has 0 saturated heterocycles. The number of halogens is 1. The second-order valence-electron chi connectivity index (χ2n) is 5.13. The van der Waals surface area contributed by atoms with Gasteiger partial charge in [-0.1, -0.05) is 32.0 Å². The zero-order valence-electron chi connectivity index (χ0n) is 13.3. The summed E-state index contributed by atoms with van der Waals surface area (Å²) in [7, 11) is 1.63. The van der Waals surface area contributed by atoms with Crippen molar-refractivity contribution in [1.82, 2.24) is 5.32 Å². The van der Waals surface area contributed by atoms with Crippen LogP contribution in [0.3, 0.4) is 0 Å². The highest BCUT2D eigenvalue weighted by Gasteiger charge is 2.34. The van der Waals surface area contributed by atoms with Gasteiger partial charge in [0.1, 0.15) is 5.75 Å². The first-order valence-electron chi connectivity index (χ1n) is 7.18. The first-order chi connectivity index (χ1) is 9.54. The molecule has 1 atom stereocenters. The molecule has 0 spiro atoms. The summed E-state index contributed by atoms with van der Waals surface area (Å²) in [4.78, 5) is 12.5. The molecule has 0 fully saturated rings. The van der Waals surface area contributed by atoms with E-state index in [1.54, 1.807) is 7.11 Å². The van der Waals surface area contributed by atoms with E-state index >= 15 is 0 Å². The van der Waals surface area contributed by atoms with Gasteiger partial charge < -0.3 is 15.8 Å². The molecule has 1 aromatic rings. The molecule has 3 N–H and O–H groups in total. The summed E-state index contributed by atoms with van der Waals surface area (Å²) in [5.41, 5.74) is 6.31. The number of para-hydroxylation sites is 1. The Morgan fingerprint density at radius 1 is 1.33 bits per heavy atom. The van der Waals surface area contributed by atoms with Gasteiger partial charge in [0.2, 0.25) is 5.91 Å². The van der Waals surface area contributed by atoms with Crippen molar-refractivity contribution in [1.29, 1.82) is 0 Å². The van der Waals surface area contributed by atoms with Crippen LogP contribution in [0.1, 0.15) is 45.2 Å². The van der Waals surface area contributed by atoms with Gasteiger partial charge in [0.15, 0.2) is 0 Å². The summed E-state index contributed by atoms with van der Waals surface area (Å²) >= 11 is 0. The summed E-state index contributed by atoms with van der Waals surface area (Å²) < 4.78 is 5.34. The predicted octanol–water partition coefficient (Wildman–Crippen LogP) is 3.06. The lowest BCUT2D eigenvalue weighted by atomic mass is 9.81. The average Bonchev–Trinajstić information content (AvgIpc) is 2.49. The van der Waals surface area contributed by atoms with Crippen LogP contribution in [0, 0.1) is 5.41 Å². The smallest absolute Gasteiger partial charge is 0.227 e. The topological polar surface area (TPSA) is 64.4 Å². The predicted molar refractivity (Wildman–Crippen MR) is 88.9 cm³/mol. The van der Waals surface area contributed by atoms with Gasteiger partial charge in [0.25, 0.3) is 0 Å². The van der Waals surface area contributed by atoms with Crippen LogP contribution in [0.15, 0.2) is 24.3 Å². The third-order valence-electron chi connectivity index (χ3n) is 4.18. The average molecular weight is 315 g/mol. The molecule has 1 amide bonds. The SMILES string of the molecule is CCC(CC)(CN)C(=O)NC(C)c1ccccc1OC.Cl. The molecule has 0 saturated carbocycles. The molecule has 0 aromatic heterocycles. The van der Waals surface area contributed by atoms with Crippen LogP contribution in [0.2, 0.25) is 0 Å². The molecule has 0 radical (unpaired) electrons. The van der Waals surface area contributed by atoms with Gasteiger partial charge in [-0.2, -0.15) is 0 Å². The Hall–Kier alpha value is -1.26. The molecular formula is C16H27ClN2O2. The Labute approximate surface area is 133 Å². The van der Waals surface area contributed by atoms with Crippen molar-refractivity contribution >= 4 is 18.3 Å². The number of ether oxygens (including phenoxy) is 1. The van der Waals surface area contributed by atoms with E-state index in [2.05, 4.69) is 5.32 Å². The van der Waals surface area contributed by atoms with Gasteiger partial charge in [-0.15, -0.1) is 12.4 Å². The Bertz CT molecular complexity index is 439. The number of methoxy groups -OCH3 is 1. The fourth-order valence-corrected chi connectivity index (χ4v) is 2.40. The van der Waals surface area contributed by atoms with E-state index in [-0.39, 0.29) is 24.4 Å². The summed E-state index contributed by atoms with van der Waals surface area (Å²) in [6.07, 6.45) is 1.48. The van der Waals surface area contributed by atoms with Crippen molar-refractivity contribution in [3.05, 3.63) is 29.8 Å². The Morgan fingerprint density at radius 3 is 2.38 bits per heavy atom. The quantitative estimate of drug-likeness (QED) is 0.813. The van der Waals surface area contributed by atoms with E-state index < -0.39 is 5.41 Å². The normalized spacial score (nSPS) is 12.2. The monoisotopic (exact) mass is 314 g/mol. The van der Waals surface area contributed by atoms with Crippen molar-refractivity contribution in [2.45, 2.75) is 39.7 Å². The second-order valence-corrected chi connectivity index (χ2v) is 5.13. The van der Waals surface area contributed by atoms with E-state index in [9.17, 15) is 4.79 Å². The zero-order valence-corrected chi connectivity index (χ0v) is 14.1. The minimum absolute atomic E-state index is 0. The lowest BCUT2D eigenvalue weighted by Gasteiger charge is -2.30. The molecule has 5 heteroatoms. The van der Waals surface area contributed by atoms with Crippen molar-refractivity contribution in [3.8, 4) is 5.75 Å². The van der Waals surface area contributed by atoms with E-state index in [0.717, 1.165) is 24.2 Å². The molecule has 0 aliphatic heterocycles. The first kappa shape index (κ1) is 19.7. The minimum Gasteiger partial charge on any atom is -0.496 e. The lowest BCUT2D eigenvalue weighted by Crippen LogP contribution is -2.46. The zero-order chi connectivity index (χ0) is 15.2. The minimum atomic E-state index is -0.476. The summed E-state index contributed by atoms with van der Waals surface area (Å²) in [6, 6.07) is 7.61. The number of carbonyl (C=O) groups excluding carboxylic acids is 1. The van der Waals surface area contributed by atoms with Crippen molar-refractivity contribution in [3.63, 3.8) is 0 Å². The summed E-state index contributed by atoms with van der Waals surface area (Å²) in [5.74, 6) is 0.801. The number of hydrogen-bond acceptors (Lipinski definition) is 3. The van der Waals surface area contributed by atoms with Crippen LogP contribution in [0.4, 0.5) is 0 Å². The molecular weight excluding hydrogens is 288 g/mol. The van der Waals surface area contributed by atoms with Crippen LogP contribution >= 0.6 is 12.4 Å². The summed E-state index contributed by atoms with van der Waals surface area (Å²) in [6.45, 7) is 6.33. The molecule has 4 nitrogen and oxygen atoms in total. The van der Waals surface area contributed by atoms with Crippen LogP contribution in [0.5, 0.6) is 5.75 Å². The first-order valence-corrected chi connectivity index (χ1v) is 7.18. The maximum absolute atomic E-state index is 12.5. The number of amides is 1. The lowest BCUT2D eigenvalue weighted by molar-refractivity contribution is -0.131. The van der Waals surface area contributed by atoms with Gasteiger partial charge >= 0.3 is 0 Å². The highest BCUT2D eigenvalue weighted by atomic mass is 35.5. The van der Waals surface area contributed by atoms with Crippen molar-refractivity contribution in [2.24, 2.45) is 11.1 Å². The third-order valence-corrected chi connectivity index (χ3v) is 4.18. The molecule has 0 aliphatic rings. The van der Waals surface area contributed by atoms with E-state index in [1.807, 2.05) is 45.0 Å². The number of benzene rings is 1. The molecule has 0 heterocycles. The van der Waals surface area contributed by atoms with E-state index in [1.165, 1.54) is 0 Å². The van der Waals surface area contributed by atoms with Crippen LogP contribution < -0.4 is 15.8 Å². The number of rotatable bonds is 7. The maximum atomic E-state index is 12.5. The Kier molecular flexibility index (Phi) is 8.37. The molecule has 120 valence electrons. The Morgan fingerprint density at radius 2 is 1.90 bits per heavy atom. The highest BCUT2D eigenvalue weighted by molar-refractivity contribution is 5.85. The molecule has 0 bridgehead atoms. The van der Waals surface area contributed by atoms with Gasteiger partial charge in [-0.25, -0.2) is 0 Å².